The van der Waals surface area contributed by atoms with Crippen LogP contribution >= 0.6 is 0 Å². The molecule has 0 spiro atoms. The molecule has 3 heteroatoms. The first-order valence-electron chi connectivity index (χ1n) is 7.31. The lowest BCUT2D eigenvalue weighted by atomic mass is 9.99. The predicted molar refractivity (Wildman–Crippen MR) is 85.4 cm³/mol. The van der Waals surface area contributed by atoms with Crippen LogP contribution in [0.4, 0.5) is 5.69 Å². The smallest absolute Gasteiger partial charge is 0.124 e. The first-order chi connectivity index (χ1) is 10.2. The van der Waals surface area contributed by atoms with E-state index in [-0.39, 0.29) is 6.04 Å². The molecule has 0 radical (unpaired) electrons. The van der Waals surface area contributed by atoms with E-state index in [4.69, 9.17) is 9.47 Å². The van der Waals surface area contributed by atoms with E-state index in [1.54, 1.807) is 7.11 Å². The number of nitrogens with one attached hydrogen (secondary N) is 1. The summed E-state index contributed by atoms with van der Waals surface area (Å²) in [6.07, 6.45) is 0.952. The second-order valence-corrected chi connectivity index (χ2v) is 5.61. The monoisotopic (exact) mass is 283 g/mol. The third-order valence-electron chi connectivity index (χ3n) is 3.82. The Balaban J connectivity index is 1.90. The maximum atomic E-state index is 5.74. The first kappa shape index (κ1) is 13.8. The number of hydrogen-bond donors (Lipinski definition) is 1. The van der Waals surface area contributed by atoms with Crippen molar-refractivity contribution in [3.05, 3.63) is 53.1 Å². The van der Waals surface area contributed by atoms with Gasteiger partial charge in [-0.15, -0.1) is 0 Å². The summed E-state index contributed by atoms with van der Waals surface area (Å²) in [4.78, 5) is 0. The number of methoxy groups -OCH3 is 1. The SMILES string of the molecule is COc1ccc2c(c1)C(Nc1cc(C)cc(C)c1)CCO2. The van der Waals surface area contributed by atoms with Crippen LogP contribution in [0.1, 0.15) is 29.2 Å². The molecule has 1 heterocycles. The highest BCUT2D eigenvalue weighted by molar-refractivity contribution is 5.53. The van der Waals surface area contributed by atoms with E-state index in [9.17, 15) is 0 Å². The molecule has 1 aliphatic heterocycles. The van der Waals surface area contributed by atoms with Gasteiger partial charge in [-0.05, 0) is 55.3 Å². The molecule has 0 bridgehead atoms. The third kappa shape index (κ3) is 2.97. The van der Waals surface area contributed by atoms with Crippen LogP contribution in [0, 0.1) is 13.8 Å². The van der Waals surface area contributed by atoms with Gasteiger partial charge in [0, 0.05) is 17.7 Å². The molecule has 2 aromatic carbocycles. The summed E-state index contributed by atoms with van der Waals surface area (Å²) in [5.74, 6) is 1.82. The van der Waals surface area contributed by atoms with Crippen molar-refractivity contribution in [3.8, 4) is 11.5 Å². The van der Waals surface area contributed by atoms with Gasteiger partial charge in [0.2, 0.25) is 0 Å². The van der Waals surface area contributed by atoms with Crippen molar-refractivity contribution in [1.29, 1.82) is 0 Å². The fourth-order valence-electron chi connectivity index (χ4n) is 2.91. The second kappa shape index (κ2) is 5.68. The van der Waals surface area contributed by atoms with Gasteiger partial charge in [-0.25, -0.2) is 0 Å². The van der Waals surface area contributed by atoms with Crippen LogP contribution in [0.25, 0.3) is 0 Å². The number of benzene rings is 2. The van der Waals surface area contributed by atoms with Gasteiger partial charge in [-0.3, -0.25) is 0 Å². The minimum atomic E-state index is 0.255. The van der Waals surface area contributed by atoms with Crippen LogP contribution in [0.5, 0.6) is 11.5 Å². The zero-order valence-corrected chi connectivity index (χ0v) is 12.8. The highest BCUT2D eigenvalue weighted by Gasteiger charge is 2.22. The average molecular weight is 283 g/mol. The van der Waals surface area contributed by atoms with Gasteiger partial charge in [0.25, 0.3) is 0 Å². The summed E-state index contributed by atoms with van der Waals surface area (Å²) in [7, 11) is 1.69. The quantitative estimate of drug-likeness (QED) is 0.913. The number of ether oxygens (including phenoxy) is 2. The van der Waals surface area contributed by atoms with Gasteiger partial charge in [0.05, 0.1) is 19.8 Å². The molecule has 110 valence electrons. The predicted octanol–water partition coefficient (Wildman–Crippen LogP) is 4.25. The van der Waals surface area contributed by atoms with Crippen LogP contribution in [-0.2, 0) is 0 Å². The van der Waals surface area contributed by atoms with Crippen LogP contribution < -0.4 is 14.8 Å². The lowest BCUT2D eigenvalue weighted by Crippen LogP contribution is -2.20. The average Bonchev–Trinajstić information content (AvgIpc) is 2.46. The normalized spacial score (nSPS) is 16.8. The molecule has 3 rings (SSSR count). The maximum absolute atomic E-state index is 5.74. The number of fused-ring (bicyclic) bond motifs is 1. The Morgan fingerprint density at radius 3 is 2.57 bits per heavy atom. The molecule has 0 amide bonds. The molecule has 1 aliphatic rings. The van der Waals surface area contributed by atoms with E-state index in [1.807, 2.05) is 12.1 Å². The molecule has 0 fully saturated rings. The topological polar surface area (TPSA) is 30.5 Å². The minimum absolute atomic E-state index is 0.255. The molecule has 0 saturated carbocycles. The van der Waals surface area contributed by atoms with Crippen molar-refractivity contribution in [2.45, 2.75) is 26.3 Å². The number of hydrogen-bond acceptors (Lipinski definition) is 3. The fourth-order valence-corrected chi connectivity index (χ4v) is 2.91. The summed E-state index contributed by atoms with van der Waals surface area (Å²) in [6, 6.07) is 12.8. The van der Waals surface area contributed by atoms with Crippen LogP contribution in [-0.4, -0.2) is 13.7 Å². The van der Waals surface area contributed by atoms with E-state index in [2.05, 4.69) is 43.4 Å². The summed E-state index contributed by atoms with van der Waals surface area (Å²) >= 11 is 0. The van der Waals surface area contributed by atoms with Gasteiger partial charge >= 0.3 is 0 Å². The number of aryl methyl sites for hydroxylation is 2. The Morgan fingerprint density at radius 2 is 1.86 bits per heavy atom. The van der Waals surface area contributed by atoms with Gasteiger partial charge in [0.1, 0.15) is 11.5 Å². The van der Waals surface area contributed by atoms with Crippen molar-refractivity contribution < 1.29 is 9.47 Å². The summed E-state index contributed by atoms with van der Waals surface area (Å²) in [6.45, 7) is 4.99. The summed E-state index contributed by atoms with van der Waals surface area (Å²) < 4.78 is 11.1. The van der Waals surface area contributed by atoms with E-state index in [0.717, 1.165) is 30.2 Å². The van der Waals surface area contributed by atoms with Gasteiger partial charge < -0.3 is 14.8 Å². The van der Waals surface area contributed by atoms with Crippen LogP contribution in [0.15, 0.2) is 36.4 Å². The van der Waals surface area contributed by atoms with Crippen molar-refractivity contribution in [3.63, 3.8) is 0 Å². The highest BCUT2D eigenvalue weighted by Crippen LogP contribution is 2.36. The Kier molecular flexibility index (Phi) is 3.74. The van der Waals surface area contributed by atoms with Crippen molar-refractivity contribution in [2.75, 3.05) is 19.0 Å². The van der Waals surface area contributed by atoms with E-state index in [0.29, 0.717) is 0 Å². The van der Waals surface area contributed by atoms with Gasteiger partial charge in [0.15, 0.2) is 0 Å². The Morgan fingerprint density at radius 1 is 1.10 bits per heavy atom. The van der Waals surface area contributed by atoms with Gasteiger partial charge in [-0.1, -0.05) is 6.07 Å². The number of rotatable bonds is 3. The van der Waals surface area contributed by atoms with E-state index < -0.39 is 0 Å². The largest absolute Gasteiger partial charge is 0.497 e. The molecular weight excluding hydrogens is 262 g/mol. The Bertz CT molecular complexity index is 631. The Hall–Kier alpha value is -2.16. The molecular formula is C18H21NO2. The molecule has 21 heavy (non-hydrogen) atoms. The molecule has 1 N–H and O–H groups in total. The standard InChI is InChI=1S/C18H21NO2/c1-12-8-13(2)10-14(9-12)19-17-6-7-21-18-5-4-15(20-3)11-16(17)18/h4-5,8-11,17,19H,6-7H2,1-3H3. The molecule has 1 unspecified atom stereocenters. The third-order valence-corrected chi connectivity index (χ3v) is 3.82. The van der Waals surface area contributed by atoms with Crippen LogP contribution in [0.3, 0.4) is 0 Å². The maximum Gasteiger partial charge on any atom is 0.124 e. The lowest BCUT2D eigenvalue weighted by Gasteiger charge is -2.28. The lowest BCUT2D eigenvalue weighted by molar-refractivity contribution is 0.273. The highest BCUT2D eigenvalue weighted by atomic mass is 16.5. The Labute approximate surface area is 125 Å². The molecule has 0 aromatic heterocycles. The van der Waals surface area contributed by atoms with Crippen molar-refractivity contribution in [2.24, 2.45) is 0 Å². The molecule has 2 aromatic rings. The van der Waals surface area contributed by atoms with E-state index in [1.165, 1.54) is 16.7 Å². The number of anilines is 1. The zero-order valence-electron chi connectivity index (χ0n) is 12.8. The van der Waals surface area contributed by atoms with Crippen molar-refractivity contribution in [1.82, 2.24) is 0 Å². The summed E-state index contributed by atoms with van der Waals surface area (Å²) in [5.41, 5.74) is 4.87. The molecule has 1 atom stereocenters. The second-order valence-electron chi connectivity index (χ2n) is 5.61. The van der Waals surface area contributed by atoms with Gasteiger partial charge in [-0.2, -0.15) is 0 Å². The molecule has 3 nitrogen and oxygen atoms in total. The summed E-state index contributed by atoms with van der Waals surface area (Å²) in [5, 5.41) is 3.63. The zero-order chi connectivity index (χ0) is 14.8. The fraction of sp³-hybridized carbons (Fsp3) is 0.333. The minimum Gasteiger partial charge on any atom is -0.497 e. The van der Waals surface area contributed by atoms with E-state index >= 15 is 0 Å². The van der Waals surface area contributed by atoms with Crippen LogP contribution in [0.2, 0.25) is 0 Å². The molecule has 0 aliphatic carbocycles. The van der Waals surface area contributed by atoms with Crippen molar-refractivity contribution >= 4 is 5.69 Å². The first-order valence-corrected chi connectivity index (χ1v) is 7.31. The molecule has 0 saturated heterocycles.